The Morgan fingerprint density at radius 3 is 2.43 bits per heavy atom. The van der Waals surface area contributed by atoms with Crippen LogP contribution in [0.4, 0.5) is 4.39 Å². The van der Waals surface area contributed by atoms with Gasteiger partial charge >= 0.3 is 0 Å². The monoisotopic (exact) mass is 315 g/mol. The average molecular weight is 315 g/mol. The molecule has 0 fully saturated rings. The first-order valence-electron chi connectivity index (χ1n) is 7.70. The summed E-state index contributed by atoms with van der Waals surface area (Å²) < 4.78 is 18.7. The van der Waals surface area contributed by atoms with Gasteiger partial charge in [0.15, 0.2) is 11.6 Å². The van der Waals surface area contributed by atoms with Crippen LogP contribution < -0.4 is 10.1 Å². The number of carbonyl (C=O) groups is 1. The molecule has 0 aliphatic rings. The number of amides is 1. The summed E-state index contributed by atoms with van der Waals surface area (Å²) in [5.74, 6) is -0.280. The largest absolute Gasteiger partial charge is 0.494 e. The van der Waals surface area contributed by atoms with Gasteiger partial charge in [0.05, 0.1) is 13.2 Å². The molecule has 0 aliphatic carbocycles. The Balaban J connectivity index is 2.19. The molecule has 2 aromatic rings. The number of carbonyl (C=O) groups excluding carboxylic acids is 1. The molecule has 23 heavy (non-hydrogen) atoms. The van der Waals surface area contributed by atoms with Crippen LogP contribution in [0.15, 0.2) is 48.5 Å². The van der Waals surface area contributed by atoms with E-state index >= 15 is 0 Å². The molecule has 0 aliphatic heterocycles. The minimum atomic E-state index is -0.541. The normalized spacial score (nSPS) is 12.0. The van der Waals surface area contributed by atoms with E-state index in [0.717, 1.165) is 12.0 Å². The van der Waals surface area contributed by atoms with E-state index in [1.54, 1.807) is 6.07 Å². The van der Waals surface area contributed by atoms with Crippen molar-refractivity contribution in [2.24, 2.45) is 5.92 Å². The van der Waals surface area contributed by atoms with Crippen LogP contribution in [0.2, 0.25) is 0 Å². The molecule has 0 aromatic heterocycles. The SMILES string of the molecule is COc1ccc(C(=O)N[C@@H](CC(C)C)c2ccccc2)cc1F. The molecule has 2 rings (SSSR count). The molecular formula is C19H22FNO2. The molecule has 0 bridgehead atoms. The highest BCUT2D eigenvalue weighted by Gasteiger charge is 2.18. The lowest BCUT2D eigenvalue weighted by Gasteiger charge is -2.21. The fourth-order valence-corrected chi connectivity index (χ4v) is 2.48. The van der Waals surface area contributed by atoms with E-state index in [1.165, 1.54) is 19.2 Å². The van der Waals surface area contributed by atoms with Gasteiger partial charge in [-0.15, -0.1) is 0 Å². The van der Waals surface area contributed by atoms with Gasteiger partial charge in [0.1, 0.15) is 0 Å². The standard InChI is InChI=1S/C19H22FNO2/c1-13(2)11-17(14-7-5-4-6-8-14)21-19(22)15-9-10-18(23-3)16(20)12-15/h4-10,12-13,17H,11H2,1-3H3,(H,21,22)/t17-/m0/s1. The van der Waals surface area contributed by atoms with E-state index in [2.05, 4.69) is 19.2 Å². The molecule has 1 atom stereocenters. The number of nitrogens with one attached hydrogen (secondary N) is 1. The van der Waals surface area contributed by atoms with Crippen molar-refractivity contribution in [1.29, 1.82) is 0 Å². The van der Waals surface area contributed by atoms with Gasteiger partial charge in [-0.1, -0.05) is 44.2 Å². The number of methoxy groups -OCH3 is 1. The molecule has 0 saturated carbocycles. The summed E-state index contributed by atoms with van der Waals surface area (Å²) >= 11 is 0. The molecule has 2 aromatic carbocycles. The van der Waals surface area contributed by atoms with Crippen molar-refractivity contribution in [1.82, 2.24) is 5.32 Å². The highest BCUT2D eigenvalue weighted by molar-refractivity contribution is 5.94. The molecule has 0 saturated heterocycles. The third kappa shape index (κ3) is 4.55. The number of hydrogen-bond acceptors (Lipinski definition) is 2. The van der Waals surface area contributed by atoms with Gasteiger partial charge in [0.2, 0.25) is 0 Å². The predicted octanol–water partition coefficient (Wildman–Crippen LogP) is 4.35. The highest BCUT2D eigenvalue weighted by atomic mass is 19.1. The topological polar surface area (TPSA) is 38.3 Å². The van der Waals surface area contributed by atoms with E-state index < -0.39 is 5.82 Å². The number of benzene rings is 2. The van der Waals surface area contributed by atoms with E-state index in [4.69, 9.17) is 4.74 Å². The second-order valence-corrected chi connectivity index (χ2v) is 5.92. The molecule has 0 radical (unpaired) electrons. The average Bonchev–Trinajstić information content (AvgIpc) is 2.54. The van der Waals surface area contributed by atoms with Crippen molar-refractivity contribution in [2.75, 3.05) is 7.11 Å². The lowest BCUT2D eigenvalue weighted by molar-refractivity contribution is 0.0931. The van der Waals surface area contributed by atoms with Gasteiger partial charge < -0.3 is 10.1 Å². The molecule has 122 valence electrons. The van der Waals surface area contributed by atoms with Crippen LogP contribution in [-0.4, -0.2) is 13.0 Å². The van der Waals surface area contributed by atoms with Crippen molar-refractivity contribution in [3.05, 3.63) is 65.5 Å². The molecule has 4 heteroatoms. The third-order valence-electron chi connectivity index (χ3n) is 3.63. The zero-order chi connectivity index (χ0) is 16.8. The minimum Gasteiger partial charge on any atom is -0.494 e. The minimum absolute atomic E-state index is 0.103. The smallest absolute Gasteiger partial charge is 0.251 e. The van der Waals surface area contributed by atoms with Crippen LogP contribution in [-0.2, 0) is 0 Å². The maximum atomic E-state index is 13.8. The number of hydrogen-bond donors (Lipinski definition) is 1. The molecule has 0 heterocycles. The second-order valence-electron chi connectivity index (χ2n) is 5.92. The van der Waals surface area contributed by atoms with Gasteiger partial charge in [0.25, 0.3) is 5.91 Å². The summed E-state index contributed by atoms with van der Waals surface area (Å²) in [7, 11) is 1.40. The predicted molar refractivity (Wildman–Crippen MR) is 89.1 cm³/mol. The van der Waals surface area contributed by atoms with Crippen LogP contribution >= 0.6 is 0 Å². The van der Waals surface area contributed by atoms with Crippen LogP contribution in [0.5, 0.6) is 5.75 Å². The summed E-state index contributed by atoms with van der Waals surface area (Å²) in [6.45, 7) is 4.21. The fourth-order valence-electron chi connectivity index (χ4n) is 2.48. The Labute approximate surface area is 136 Å². The lowest BCUT2D eigenvalue weighted by Crippen LogP contribution is -2.29. The maximum absolute atomic E-state index is 13.8. The van der Waals surface area contributed by atoms with Crippen LogP contribution in [0, 0.1) is 11.7 Å². The fraction of sp³-hybridized carbons (Fsp3) is 0.316. The van der Waals surface area contributed by atoms with Gasteiger partial charge in [-0.2, -0.15) is 0 Å². The number of halogens is 1. The van der Waals surface area contributed by atoms with Crippen molar-refractivity contribution >= 4 is 5.91 Å². The van der Waals surface area contributed by atoms with Crippen molar-refractivity contribution in [2.45, 2.75) is 26.3 Å². The van der Waals surface area contributed by atoms with E-state index in [0.29, 0.717) is 5.92 Å². The van der Waals surface area contributed by atoms with Gasteiger partial charge in [0, 0.05) is 5.56 Å². The van der Waals surface area contributed by atoms with Gasteiger partial charge in [-0.3, -0.25) is 4.79 Å². The second kappa shape index (κ2) is 7.77. The molecule has 1 amide bonds. The molecule has 1 N–H and O–H groups in total. The summed E-state index contributed by atoms with van der Waals surface area (Å²) in [4.78, 5) is 12.4. The Bertz CT molecular complexity index is 656. The van der Waals surface area contributed by atoms with Crippen molar-refractivity contribution in [3.8, 4) is 5.75 Å². The summed E-state index contributed by atoms with van der Waals surface area (Å²) in [6.07, 6.45) is 0.814. The van der Waals surface area contributed by atoms with Gasteiger partial charge in [-0.05, 0) is 36.1 Å². The van der Waals surface area contributed by atoms with E-state index in [-0.39, 0.29) is 23.3 Å². The molecular weight excluding hydrogens is 293 g/mol. The van der Waals surface area contributed by atoms with Crippen LogP contribution in [0.3, 0.4) is 0 Å². The Morgan fingerprint density at radius 1 is 1.17 bits per heavy atom. The van der Waals surface area contributed by atoms with Gasteiger partial charge in [-0.25, -0.2) is 4.39 Å². The number of rotatable bonds is 6. The molecule has 0 unspecified atom stereocenters. The van der Waals surface area contributed by atoms with Crippen molar-refractivity contribution < 1.29 is 13.9 Å². The first kappa shape index (κ1) is 17.0. The Kier molecular flexibility index (Phi) is 5.74. The molecule has 3 nitrogen and oxygen atoms in total. The first-order chi connectivity index (χ1) is 11.0. The van der Waals surface area contributed by atoms with E-state index in [1.807, 2.05) is 30.3 Å². The summed E-state index contributed by atoms with van der Waals surface area (Å²) in [5, 5.41) is 3.00. The van der Waals surface area contributed by atoms with Crippen molar-refractivity contribution in [3.63, 3.8) is 0 Å². The Hall–Kier alpha value is -2.36. The van der Waals surface area contributed by atoms with Crippen LogP contribution in [0.1, 0.15) is 42.2 Å². The maximum Gasteiger partial charge on any atom is 0.251 e. The third-order valence-corrected chi connectivity index (χ3v) is 3.63. The zero-order valence-corrected chi connectivity index (χ0v) is 13.7. The Morgan fingerprint density at radius 2 is 1.87 bits per heavy atom. The highest BCUT2D eigenvalue weighted by Crippen LogP contribution is 2.23. The first-order valence-corrected chi connectivity index (χ1v) is 7.70. The summed E-state index contributed by atoms with van der Waals surface area (Å²) in [5.41, 5.74) is 1.33. The summed E-state index contributed by atoms with van der Waals surface area (Å²) in [6, 6.07) is 13.9. The quantitative estimate of drug-likeness (QED) is 0.860. The molecule has 0 spiro atoms. The lowest BCUT2D eigenvalue weighted by atomic mass is 9.96. The van der Waals surface area contributed by atoms with Crippen LogP contribution in [0.25, 0.3) is 0 Å². The number of ether oxygens (including phenoxy) is 1. The van der Waals surface area contributed by atoms with E-state index in [9.17, 15) is 9.18 Å². The zero-order valence-electron chi connectivity index (χ0n) is 13.7.